The van der Waals surface area contributed by atoms with Crippen LogP contribution in [0.4, 0.5) is 26.3 Å². The Morgan fingerprint density at radius 2 is 1.73 bits per heavy atom. The normalized spacial score (nSPS) is 29.8. The Morgan fingerprint density at radius 1 is 1.02 bits per heavy atom. The third-order valence-corrected chi connectivity index (χ3v) is 9.40. The molecule has 0 bridgehead atoms. The topological polar surface area (TPSA) is 57.6 Å². The maximum Gasteiger partial charge on any atom is 0.426 e. The van der Waals surface area contributed by atoms with Crippen molar-refractivity contribution in [3.63, 3.8) is 0 Å². The lowest BCUT2D eigenvalue weighted by Gasteiger charge is -2.45. The number of alkyl halides is 5. The number of aryl methyl sites for hydroxylation is 1. The van der Waals surface area contributed by atoms with Crippen molar-refractivity contribution in [1.82, 2.24) is 4.90 Å². The van der Waals surface area contributed by atoms with E-state index in [1.807, 2.05) is 0 Å². The molecule has 1 saturated carbocycles. The third-order valence-electron chi connectivity index (χ3n) is 9.40. The maximum atomic E-state index is 16.0. The van der Waals surface area contributed by atoms with Crippen LogP contribution in [-0.2, 0) is 33.5 Å². The lowest BCUT2D eigenvalue weighted by Crippen LogP contribution is -2.55. The number of rotatable bonds is 5. The molecule has 3 unspecified atom stereocenters. The summed E-state index contributed by atoms with van der Waals surface area (Å²) in [7, 11) is 0. The first-order chi connectivity index (χ1) is 18.7. The molecular weight excluding hydrogens is 536 g/mol. The molecule has 1 amide bonds. The molecule has 40 heavy (non-hydrogen) atoms. The summed E-state index contributed by atoms with van der Waals surface area (Å²) in [5.74, 6) is -2.87. The van der Waals surface area contributed by atoms with Crippen LogP contribution in [0.25, 0.3) is 0 Å². The van der Waals surface area contributed by atoms with Gasteiger partial charge in [-0.15, -0.1) is 0 Å². The monoisotopic (exact) mass is 567 g/mol. The molecule has 2 aliphatic carbocycles. The Morgan fingerprint density at radius 3 is 2.35 bits per heavy atom. The molecule has 2 aromatic carbocycles. The van der Waals surface area contributed by atoms with Crippen LogP contribution < -0.4 is 0 Å². The first kappa shape index (κ1) is 28.5. The van der Waals surface area contributed by atoms with E-state index in [0.717, 1.165) is 6.07 Å². The second-order valence-corrected chi connectivity index (χ2v) is 11.7. The zero-order valence-electron chi connectivity index (χ0n) is 22.0. The van der Waals surface area contributed by atoms with Crippen molar-refractivity contribution in [1.29, 1.82) is 0 Å². The van der Waals surface area contributed by atoms with Gasteiger partial charge in [-0.05, 0) is 92.7 Å². The minimum absolute atomic E-state index is 0.0529. The fourth-order valence-corrected chi connectivity index (χ4v) is 7.07. The number of carbonyl (C=O) groups excluding carboxylic acids is 1. The van der Waals surface area contributed by atoms with Crippen molar-refractivity contribution >= 4 is 11.9 Å². The number of carbonyl (C=O) groups is 2. The molecule has 216 valence electrons. The van der Waals surface area contributed by atoms with E-state index in [1.165, 1.54) is 29.2 Å². The number of benzene rings is 2. The summed E-state index contributed by atoms with van der Waals surface area (Å²) < 4.78 is 85.4. The van der Waals surface area contributed by atoms with E-state index < -0.39 is 58.1 Å². The van der Waals surface area contributed by atoms with E-state index in [-0.39, 0.29) is 45.1 Å². The summed E-state index contributed by atoms with van der Waals surface area (Å²) in [6.45, 7) is 0.677. The van der Waals surface area contributed by atoms with Gasteiger partial charge in [0, 0.05) is 18.0 Å². The molecule has 1 aliphatic heterocycles. The van der Waals surface area contributed by atoms with Gasteiger partial charge in [-0.25, -0.2) is 13.2 Å². The first-order valence-electron chi connectivity index (χ1n) is 13.5. The van der Waals surface area contributed by atoms with Crippen LogP contribution in [0.1, 0.15) is 67.7 Å². The number of likely N-dealkylation sites (tertiary alicyclic amines) is 1. The number of halogens is 6. The summed E-state index contributed by atoms with van der Waals surface area (Å²) >= 11 is 0. The van der Waals surface area contributed by atoms with Gasteiger partial charge in [-0.3, -0.25) is 9.59 Å². The van der Waals surface area contributed by atoms with Gasteiger partial charge in [0.15, 0.2) is 5.67 Å². The van der Waals surface area contributed by atoms with Crippen molar-refractivity contribution in [2.45, 2.75) is 87.3 Å². The Balaban J connectivity index is 1.52. The number of carboxylic acid groups (broad SMARTS) is 1. The second-order valence-electron chi connectivity index (χ2n) is 11.7. The number of nitrogens with zero attached hydrogens (tertiary/aromatic N) is 1. The molecule has 3 atom stereocenters. The van der Waals surface area contributed by atoms with Crippen LogP contribution in [0.3, 0.4) is 0 Å². The number of aliphatic carboxylic acids is 1. The zero-order valence-corrected chi connectivity index (χ0v) is 22.0. The number of carboxylic acids is 1. The minimum atomic E-state index is -5.11. The van der Waals surface area contributed by atoms with E-state index in [0.29, 0.717) is 36.5 Å². The fourth-order valence-electron chi connectivity index (χ4n) is 7.07. The summed E-state index contributed by atoms with van der Waals surface area (Å²) in [5.41, 5.74) is -5.29. The van der Waals surface area contributed by atoms with Gasteiger partial charge < -0.3 is 10.0 Å². The van der Waals surface area contributed by atoms with E-state index in [2.05, 4.69) is 0 Å². The van der Waals surface area contributed by atoms with Crippen LogP contribution in [0, 0.1) is 11.7 Å². The highest BCUT2D eigenvalue weighted by Crippen LogP contribution is 2.52. The highest BCUT2D eigenvalue weighted by atomic mass is 19.4. The van der Waals surface area contributed by atoms with Gasteiger partial charge in [-0.2, -0.15) is 13.2 Å². The van der Waals surface area contributed by atoms with E-state index in [9.17, 15) is 36.6 Å². The average molecular weight is 568 g/mol. The molecule has 2 aromatic rings. The van der Waals surface area contributed by atoms with Gasteiger partial charge in [0.25, 0.3) is 5.91 Å². The summed E-state index contributed by atoms with van der Waals surface area (Å²) in [6.07, 6.45) is -4.19. The molecule has 5 rings (SSSR count). The third kappa shape index (κ3) is 4.67. The molecule has 1 N–H and O–H groups in total. The van der Waals surface area contributed by atoms with Crippen LogP contribution in [0.15, 0.2) is 42.5 Å². The Hall–Kier alpha value is -3.04. The number of fused-ring (bicyclic) bond motifs is 3. The summed E-state index contributed by atoms with van der Waals surface area (Å²) in [4.78, 5) is 26.5. The first-order valence-corrected chi connectivity index (χ1v) is 13.5. The van der Waals surface area contributed by atoms with Crippen molar-refractivity contribution in [3.8, 4) is 0 Å². The molecule has 2 fully saturated rings. The molecule has 0 aromatic heterocycles. The van der Waals surface area contributed by atoms with Gasteiger partial charge in [0.2, 0.25) is 5.67 Å². The fraction of sp³-hybridized carbons (Fsp3) is 0.533. The Kier molecular flexibility index (Phi) is 6.98. The van der Waals surface area contributed by atoms with Crippen molar-refractivity contribution < 1.29 is 41.0 Å². The van der Waals surface area contributed by atoms with Gasteiger partial charge in [-0.1, -0.05) is 30.3 Å². The van der Waals surface area contributed by atoms with E-state index >= 15 is 4.39 Å². The van der Waals surface area contributed by atoms with Crippen LogP contribution in [0.5, 0.6) is 0 Å². The van der Waals surface area contributed by atoms with Gasteiger partial charge in [0.05, 0.1) is 5.92 Å². The quantitative estimate of drug-likeness (QED) is 0.415. The minimum Gasteiger partial charge on any atom is -0.481 e. The number of amides is 1. The highest BCUT2D eigenvalue weighted by molar-refractivity contribution is 5.86. The molecule has 1 heterocycles. The molecule has 1 saturated heterocycles. The predicted molar refractivity (Wildman–Crippen MR) is 135 cm³/mol. The largest absolute Gasteiger partial charge is 0.481 e. The SMILES string of the molecule is CC(F)(c1ccc2c(c1)CCC1N(C(=O)C3(F)CCC(C(=O)O)CC3)CCC21Cc1cccc(F)c1)C(F)(F)F. The zero-order chi connectivity index (χ0) is 29.1. The lowest BCUT2D eigenvalue weighted by molar-refractivity contribution is -0.228. The Labute approximate surface area is 228 Å². The van der Waals surface area contributed by atoms with Crippen molar-refractivity contribution in [2.75, 3.05) is 6.54 Å². The van der Waals surface area contributed by atoms with Crippen LogP contribution in [0.2, 0.25) is 0 Å². The van der Waals surface area contributed by atoms with Crippen LogP contribution >= 0.6 is 0 Å². The predicted octanol–water partition coefficient (Wildman–Crippen LogP) is 6.58. The molecule has 0 radical (unpaired) electrons. The molecule has 10 heteroatoms. The number of hydrogen-bond acceptors (Lipinski definition) is 2. The number of hydrogen-bond donors (Lipinski definition) is 1. The molecule has 4 nitrogen and oxygen atoms in total. The van der Waals surface area contributed by atoms with E-state index in [4.69, 9.17) is 0 Å². The smallest absolute Gasteiger partial charge is 0.426 e. The molecule has 0 spiro atoms. The molecular formula is C30H31F6NO3. The standard InChI is InChI=1S/C30H31F6NO3/c1-27(32,30(34,35)36)21-6-7-23-20(16-21)5-8-24-28(23,17-18-3-2-4-22(31)15-18)13-14-37(24)26(40)29(33)11-9-19(10-12-29)25(38)39/h2-4,6-7,15-16,19,24H,5,8-14,17H2,1H3,(H,38,39). The maximum absolute atomic E-state index is 16.0. The summed E-state index contributed by atoms with van der Waals surface area (Å²) in [6, 6.07) is 9.28. The second kappa shape index (κ2) is 9.80. The average Bonchev–Trinajstić information content (AvgIpc) is 3.26. The Bertz CT molecular complexity index is 1320. The lowest BCUT2D eigenvalue weighted by atomic mass is 9.63. The highest BCUT2D eigenvalue weighted by Gasteiger charge is 2.57. The van der Waals surface area contributed by atoms with Crippen molar-refractivity contribution in [2.24, 2.45) is 5.92 Å². The van der Waals surface area contributed by atoms with Gasteiger partial charge >= 0.3 is 12.1 Å². The van der Waals surface area contributed by atoms with E-state index in [1.54, 1.807) is 12.1 Å². The van der Waals surface area contributed by atoms with Gasteiger partial charge in [0.1, 0.15) is 5.82 Å². The summed E-state index contributed by atoms with van der Waals surface area (Å²) in [5, 5.41) is 9.28. The molecule has 3 aliphatic rings. The van der Waals surface area contributed by atoms with Crippen molar-refractivity contribution in [3.05, 3.63) is 70.5 Å². The van der Waals surface area contributed by atoms with Crippen LogP contribution in [-0.4, -0.2) is 46.3 Å².